The molecule has 388 valence electrons. The molecule has 0 amide bonds. The van der Waals surface area contributed by atoms with Gasteiger partial charge in [-0.25, -0.2) is 0 Å². The molecule has 0 bridgehead atoms. The first-order valence-electron chi connectivity index (χ1n) is 28.8. The minimum absolute atomic E-state index is 0.0834. The summed E-state index contributed by atoms with van der Waals surface area (Å²) in [6, 6.07) is 0. The summed E-state index contributed by atoms with van der Waals surface area (Å²) in [4.78, 5) is 38.2. The van der Waals surface area contributed by atoms with E-state index in [4.69, 9.17) is 14.2 Å². The van der Waals surface area contributed by atoms with Crippen molar-refractivity contribution < 1.29 is 28.6 Å². The van der Waals surface area contributed by atoms with Gasteiger partial charge in [0.15, 0.2) is 6.10 Å². The Morgan fingerprint density at radius 3 is 0.866 bits per heavy atom. The maximum Gasteiger partial charge on any atom is 0.306 e. The maximum atomic E-state index is 12.8. The molecule has 0 unspecified atom stereocenters. The van der Waals surface area contributed by atoms with Crippen LogP contribution in [0.4, 0.5) is 0 Å². The van der Waals surface area contributed by atoms with Gasteiger partial charge in [-0.1, -0.05) is 242 Å². The molecule has 0 heterocycles. The number of esters is 3. The number of rotatable bonds is 52. The number of carbonyl (C=O) groups is 3. The van der Waals surface area contributed by atoms with E-state index in [-0.39, 0.29) is 31.1 Å². The van der Waals surface area contributed by atoms with Gasteiger partial charge in [-0.3, -0.25) is 14.4 Å². The SMILES string of the molecule is CCCCC/C=C\C/C=C\C/C=C\CCCCCCC(=O)OC[C@H](COC(=O)CCCCCCCCC/C=C\C/C=C\CCCCC)OC(=O)CCCCCCCCCCCCCCCCC. The highest BCUT2D eigenvalue weighted by Gasteiger charge is 2.19. The third-order valence-electron chi connectivity index (χ3n) is 12.5. The van der Waals surface area contributed by atoms with Crippen molar-refractivity contribution in [3.63, 3.8) is 0 Å². The van der Waals surface area contributed by atoms with Gasteiger partial charge in [0, 0.05) is 19.3 Å². The first kappa shape index (κ1) is 64.1. The summed E-state index contributed by atoms with van der Waals surface area (Å²) in [6.07, 6.45) is 69.1. The Hall–Kier alpha value is -2.89. The molecular formula is C61H108O6. The van der Waals surface area contributed by atoms with Crippen LogP contribution in [0.5, 0.6) is 0 Å². The van der Waals surface area contributed by atoms with Crippen molar-refractivity contribution in [2.75, 3.05) is 13.2 Å². The second kappa shape index (κ2) is 55.7. The molecule has 0 saturated carbocycles. The summed E-state index contributed by atoms with van der Waals surface area (Å²) in [5.74, 6) is -0.900. The Labute approximate surface area is 415 Å². The second-order valence-corrected chi connectivity index (χ2v) is 19.2. The molecule has 0 aliphatic carbocycles. The molecule has 1 atom stereocenters. The van der Waals surface area contributed by atoms with E-state index >= 15 is 0 Å². The summed E-state index contributed by atoms with van der Waals surface area (Å²) in [5, 5.41) is 0. The Balaban J connectivity index is 4.41. The second-order valence-electron chi connectivity index (χ2n) is 19.2. The molecular weight excluding hydrogens is 829 g/mol. The van der Waals surface area contributed by atoms with Crippen LogP contribution in [0.3, 0.4) is 0 Å². The van der Waals surface area contributed by atoms with Gasteiger partial charge in [0.1, 0.15) is 13.2 Å². The van der Waals surface area contributed by atoms with Crippen molar-refractivity contribution in [3.8, 4) is 0 Å². The predicted octanol–water partition coefficient (Wildman–Crippen LogP) is 19.2. The lowest BCUT2D eigenvalue weighted by molar-refractivity contribution is -0.167. The zero-order valence-electron chi connectivity index (χ0n) is 44.4. The Bertz CT molecular complexity index is 1210. The van der Waals surface area contributed by atoms with Crippen LogP contribution >= 0.6 is 0 Å². The average Bonchev–Trinajstić information content (AvgIpc) is 3.33. The van der Waals surface area contributed by atoms with Crippen LogP contribution in [0.1, 0.15) is 290 Å². The lowest BCUT2D eigenvalue weighted by atomic mass is 10.0. The van der Waals surface area contributed by atoms with Crippen molar-refractivity contribution in [1.82, 2.24) is 0 Å². The van der Waals surface area contributed by atoms with Gasteiger partial charge < -0.3 is 14.2 Å². The number of carbonyl (C=O) groups excluding carboxylic acids is 3. The van der Waals surface area contributed by atoms with Gasteiger partial charge >= 0.3 is 17.9 Å². The molecule has 0 aromatic heterocycles. The topological polar surface area (TPSA) is 78.9 Å². The zero-order valence-corrected chi connectivity index (χ0v) is 44.4. The minimum atomic E-state index is -0.785. The predicted molar refractivity (Wildman–Crippen MR) is 288 cm³/mol. The van der Waals surface area contributed by atoms with Crippen LogP contribution in [0.15, 0.2) is 60.8 Å². The molecule has 0 N–H and O–H groups in total. The van der Waals surface area contributed by atoms with Gasteiger partial charge in [0.2, 0.25) is 0 Å². The van der Waals surface area contributed by atoms with E-state index in [9.17, 15) is 14.4 Å². The molecule has 0 aromatic rings. The molecule has 67 heavy (non-hydrogen) atoms. The number of ether oxygens (including phenoxy) is 3. The van der Waals surface area contributed by atoms with Crippen LogP contribution in [0.2, 0.25) is 0 Å². The quantitative estimate of drug-likeness (QED) is 0.0262. The highest BCUT2D eigenvalue weighted by atomic mass is 16.6. The summed E-state index contributed by atoms with van der Waals surface area (Å²) in [6.45, 7) is 6.59. The highest BCUT2D eigenvalue weighted by Crippen LogP contribution is 2.16. The standard InChI is InChI=1S/C61H108O6/c1-4-7-10-13-16-19-22-25-28-30-33-35-38-41-44-47-50-53-59(62)65-56-58(67-61(64)55-52-49-46-43-40-37-32-27-24-21-18-15-12-9-6-3)57-66-60(63)54-51-48-45-42-39-36-34-31-29-26-23-20-17-14-11-8-5-2/h16-17,19-20,25-26,28-29,33,35,58H,4-15,18,21-24,27,30-32,34,36-57H2,1-3H3/b19-16-,20-17-,28-25-,29-26-,35-33-/t58-/m1/s1. The first-order valence-corrected chi connectivity index (χ1v) is 28.8. The summed E-state index contributed by atoms with van der Waals surface area (Å²) in [7, 11) is 0. The Morgan fingerprint density at radius 1 is 0.299 bits per heavy atom. The van der Waals surface area contributed by atoms with Crippen LogP contribution in [-0.4, -0.2) is 37.2 Å². The van der Waals surface area contributed by atoms with E-state index in [1.165, 1.54) is 154 Å². The van der Waals surface area contributed by atoms with E-state index in [2.05, 4.69) is 81.5 Å². The normalized spacial score (nSPS) is 12.5. The molecule has 0 aromatic carbocycles. The summed E-state index contributed by atoms with van der Waals surface area (Å²) < 4.78 is 16.9. The zero-order chi connectivity index (χ0) is 48.6. The van der Waals surface area contributed by atoms with Crippen LogP contribution in [0, 0.1) is 0 Å². The largest absolute Gasteiger partial charge is 0.462 e. The highest BCUT2D eigenvalue weighted by molar-refractivity contribution is 5.71. The lowest BCUT2D eigenvalue weighted by Gasteiger charge is -2.18. The van der Waals surface area contributed by atoms with Crippen molar-refractivity contribution in [2.24, 2.45) is 0 Å². The number of unbranched alkanes of at least 4 members (excludes halogenated alkanes) is 31. The van der Waals surface area contributed by atoms with Gasteiger partial charge in [0.05, 0.1) is 0 Å². The third-order valence-corrected chi connectivity index (χ3v) is 12.5. The first-order chi connectivity index (χ1) is 33.0. The van der Waals surface area contributed by atoms with E-state index in [0.717, 1.165) is 96.3 Å². The smallest absolute Gasteiger partial charge is 0.306 e. The molecule has 0 radical (unpaired) electrons. The van der Waals surface area contributed by atoms with E-state index in [1.807, 2.05) is 0 Å². The average molecular weight is 938 g/mol. The van der Waals surface area contributed by atoms with Crippen LogP contribution in [-0.2, 0) is 28.6 Å². The number of hydrogen-bond acceptors (Lipinski definition) is 6. The van der Waals surface area contributed by atoms with Crippen molar-refractivity contribution in [1.29, 1.82) is 0 Å². The number of allylic oxidation sites excluding steroid dienone is 10. The van der Waals surface area contributed by atoms with Gasteiger partial charge in [-0.2, -0.15) is 0 Å². The van der Waals surface area contributed by atoms with Gasteiger partial charge in [-0.05, 0) is 89.9 Å². The fourth-order valence-electron chi connectivity index (χ4n) is 8.13. The number of hydrogen-bond donors (Lipinski definition) is 0. The Morgan fingerprint density at radius 2 is 0.537 bits per heavy atom. The summed E-state index contributed by atoms with van der Waals surface area (Å²) >= 11 is 0. The molecule has 0 fully saturated rings. The van der Waals surface area contributed by atoms with Crippen LogP contribution < -0.4 is 0 Å². The fourth-order valence-corrected chi connectivity index (χ4v) is 8.13. The molecule has 6 heteroatoms. The van der Waals surface area contributed by atoms with Crippen LogP contribution in [0.25, 0.3) is 0 Å². The monoisotopic (exact) mass is 937 g/mol. The minimum Gasteiger partial charge on any atom is -0.462 e. The van der Waals surface area contributed by atoms with Gasteiger partial charge in [-0.15, -0.1) is 0 Å². The molecule has 0 aliphatic rings. The van der Waals surface area contributed by atoms with Crippen molar-refractivity contribution in [2.45, 2.75) is 297 Å². The Kier molecular flexibility index (Phi) is 53.3. The van der Waals surface area contributed by atoms with Crippen molar-refractivity contribution >= 4 is 17.9 Å². The van der Waals surface area contributed by atoms with Crippen molar-refractivity contribution in [3.05, 3.63) is 60.8 Å². The molecule has 0 saturated heterocycles. The molecule has 0 aliphatic heterocycles. The van der Waals surface area contributed by atoms with E-state index in [1.54, 1.807) is 0 Å². The summed E-state index contributed by atoms with van der Waals surface area (Å²) in [5.41, 5.74) is 0. The molecule has 6 nitrogen and oxygen atoms in total. The van der Waals surface area contributed by atoms with Gasteiger partial charge in [0.25, 0.3) is 0 Å². The third kappa shape index (κ3) is 53.9. The lowest BCUT2D eigenvalue weighted by Crippen LogP contribution is -2.30. The van der Waals surface area contributed by atoms with E-state index < -0.39 is 6.10 Å². The van der Waals surface area contributed by atoms with E-state index in [0.29, 0.717) is 19.3 Å². The maximum absolute atomic E-state index is 12.8. The molecule has 0 rings (SSSR count). The molecule has 0 spiro atoms. The fraction of sp³-hybridized carbons (Fsp3) is 0.787.